The molecule has 0 bridgehead atoms. The molecule has 0 saturated heterocycles. The third kappa shape index (κ3) is 2.17. The number of fused-ring (bicyclic) bond motifs is 1. The number of aromatic amines is 1. The van der Waals surface area contributed by atoms with E-state index in [-0.39, 0.29) is 40.3 Å². The van der Waals surface area contributed by atoms with Crippen molar-refractivity contribution in [3.05, 3.63) is 33.9 Å². The van der Waals surface area contributed by atoms with Crippen LogP contribution in [0.25, 0.3) is 10.9 Å². The molecule has 1 aromatic carbocycles. The van der Waals surface area contributed by atoms with Gasteiger partial charge >= 0.3 is 5.97 Å². The van der Waals surface area contributed by atoms with E-state index in [0.717, 1.165) is 0 Å². The Labute approximate surface area is 118 Å². The number of halogens is 2. The minimum Gasteiger partial charge on any atom is -0.477 e. The summed E-state index contributed by atoms with van der Waals surface area (Å²) in [6.07, 6.45) is 0. The number of carboxylic acid groups (broad SMARTS) is 1. The van der Waals surface area contributed by atoms with Gasteiger partial charge in [-0.15, -0.1) is 0 Å². The van der Waals surface area contributed by atoms with Crippen molar-refractivity contribution in [1.82, 2.24) is 4.98 Å². The van der Waals surface area contributed by atoms with E-state index in [1.807, 2.05) is 0 Å². The Bertz CT molecular complexity index is 524. The summed E-state index contributed by atoms with van der Waals surface area (Å²) < 4.78 is 0. The first-order chi connectivity index (χ1) is 6.61. The SMILES string of the molecule is O=C(O)c1[nH]c2cccc(Cl)c2c1Cl.[Na]. The molecule has 0 unspecified atom stereocenters. The number of carbonyl (C=O) groups is 1. The molecule has 2 aromatic rings. The summed E-state index contributed by atoms with van der Waals surface area (Å²) in [5.74, 6) is -1.10. The second kappa shape index (κ2) is 4.76. The van der Waals surface area contributed by atoms with Crippen molar-refractivity contribution < 1.29 is 9.90 Å². The quantitative estimate of drug-likeness (QED) is 0.767. The number of H-pyrrole nitrogens is 1. The van der Waals surface area contributed by atoms with E-state index in [2.05, 4.69) is 4.98 Å². The third-order valence-corrected chi connectivity index (χ3v) is 2.62. The zero-order valence-corrected chi connectivity index (χ0v) is 11.4. The van der Waals surface area contributed by atoms with Gasteiger partial charge in [0.2, 0.25) is 0 Å². The molecule has 73 valence electrons. The average molecular weight is 253 g/mol. The second-order valence-electron chi connectivity index (χ2n) is 2.78. The molecular formula is C9H5Cl2NNaO2. The van der Waals surface area contributed by atoms with Gasteiger partial charge in [-0.25, -0.2) is 4.79 Å². The number of aromatic carboxylic acids is 1. The fraction of sp³-hybridized carbons (Fsp3) is 0. The average Bonchev–Trinajstić information content (AvgIpc) is 2.45. The maximum Gasteiger partial charge on any atom is 0.353 e. The van der Waals surface area contributed by atoms with Gasteiger partial charge in [-0.3, -0.25) is 0 Å². The van der Waals surface area contributed by atoms with Gasteiger partial charge < -0.3 is 10.1 Å². The first-order valence-corrected chi connectivity index (χ1v) is 4.56. The number of aromatic nitrogens is 1. The van der Waals surface area contributed by atoms with Crippen molar-refractivity contribution in [2.24, 2.45) is 0 Å². The van der Waals surface area contributed by atoms with E-state index < -0.39 is 5.97 Å². The number of benzene rings is 1. The van der Waals surface area contributed by atoms with Gasteiger partial charge in [0, 0.05) is 40.5 Å². The van der Waals surface area contributed by atoms with Crippen LogP contribution in [0.3, 0.4) is 0 Å². The molecule has 0 spiro atoms. The zero-order chi connectivity index (χ0) is 10.3. The van der Waals surface area contributed by atoms with Crippen LogP contribution in [-0.2, 0) is 0 Å². The van der Waals surface area contributed by atoms with Gasteiger partial charge in [0.05, 0.1) is 10.0 Å². The van der Waals surface area contributed by atoms with Gasteiger partial charge in [-0.2, -0.15) is 0 Å². The topological polar surface area (TPSA) is 53.1 Å². The Morgan fingerprint density at radius 3 is 2.53 bits per heavy atom. The molecule has 1 aromatic heterocycles. The number of hydrogen-bond donors (Lipinski definition) is 2. The second-order valence-corrected chi connectivity index (χ2v) is 3.57. The molecule has 3 nitrogen and oxygen atoms in total. The Morgan fingerprint density at radius 2 is 2.00 bits per heavy atom. The van der Waals surface area contributed by atoms with Crippen molar-refractivity contribution in [3.8, 4) is 0 Å². The fourth-order valence-electron chi connectivity index (χ4n) is 1.31. The monoisotopic (exact) mass is 252 g/mol. The molecule has 1 heterocycles. The molecular weight excluding hydrogens is 248 g/mol. The molecule has 0 aliphatic heterocycles. The van der Waals surface area contributed by atoms with Crippen molar-refractivity contribution in [3.63, 3.8) is 0 Å². The van der Waals surface area contributed by atoms with Gasteiger partial charge in [0.25, 0.3) is 0 Å². The van der Waals surface area contributed by atoms with Crippen molar-refractivity contribution in [1.29, 1.82) is 0 Å². The van der Waals surface area contributed by atoms with Crippen LogP contribution in [-0.4, -0.2) is 45.6 Å². The third-order valence-electron chi connectivity index (χ3n) is 1.93. The van der Waals surface area contributed by atoms with E-state index in [9.17, 15) is 4.79 Å². The van der Waals surface area contributed by atoms with E-state index in [1.54, 1.807) is 18.2 Å². The van der Waals surface area contributed by atoms with Crippen molar-refractivity contribution in [2.45, 2.75) is 0 Å². The summed E-state index contributed by atoms with van der Waals surface area (Å²) in [4.78, 5) is 13.4. The number of hydrogen-bond acceptors (Lipinski definition) is 1. The fourth-order valence-corrected chi connectivity index (χ4v) is 1.96. The molecule has 0 amide bonds. The summed E-state index contributed by atoms with van der Waals surface area (Å²) in [5, 5.41) is 9.94. The van der Waals surface area contributed by atoms with E-state index >= 15 is 0 Å². The summed E-state index contributed by atoms with van der Waals surface area (Å²) in [6, 6.07) is 5.11. The molecule has 6 heteroatoms. The smallest absolute Gasteiger partial charge is 0.353 e. The van der Waals surface area contributed by atoms with Crippen LogP contribution in [0.4, 0.5) is 0 Å². The predicted molar refractivity (Wildman–Crippen MR) is 61.0 cm³/mol. The van der Waals surface area contributed by atoms with Crippen LogP contribution in [0.2, 0.25) is 10.0 Å². The van der Waals surface area contributed by atoms with Crippen molar-refractivity contribution >= 4 is 69.6 Å². The van der Waals surface area contributed by atoms with Crippen LogP contribution < -0.4 is 0 Å². The first-order valence-electron chi connectivity index (χ1n) is 3.80. The van der Waals surface area contributed by atoms with Gasteiger partial charge in [-0.05, 0) is 12.1 Å². The van der Waals surface area contributed by atoms with Crippen molar-refractivity contribution in [2.75, 3.05) is 0 Å². The van der Waals surface area contributed by atoms with E-state index in [1.165, 1.54) is 0 Å². The summed E-state index contributed by atoms with van der Waals surface area (Å²) in [5.41, 5.74) is 0.592. The molecule has 0 aliphatic carbocycles. The van der Waals surface area contributed by atoms with Crippen LogP contribution >= 0.6 is 23.2 Å². The minimum absolute atomic E-state index is 0. The first kappa shape index (κ1) is 12.9. The van der Waals surface area contributed by atoms with Crippen LogP contribution in [0.5, 0.6) is 0 Å². The maximum atomic E-state index is 10.7. The molecule has 0 aliphatic rings. The summed E-state index contributed by atoms with van der Waals surface area (Å²) >= 11 is 11.7. The van der Waals surface area contributed by atoms with Gasteiger partial charge in [0.1, 0.15) is 5.69 Å². The van der Waals surface area contributed by atoms with E-state index in [4.69, 9.17) is 28.3 Å². The number of nitrogens with one attached hydrogen (secondary N) is 1. The minimum atomic E-state index is -1.10. The molecule has 1 radical (unpaired) electrons. The Kier molecular flexibility index (Phi) is 4.09. The normalized spacial score (nSPS) is 10.0. The number of carboxylic acids is 1. The zero-order valence-electron chi connectivity index (χ0n) is 7.84. The van der Waals surface area contributed by atoms with Crippen LogP contribution in [0.15, 0.2) is 18.2 Å². The molecule has 0 fully saturated rings. The largest absolute Gasteiger partial charge is 0.477 e. The Morgan fingerprint density at radius 1 is 1.33 bits per heavy atom. The number of rotatable bonds is 1. The Hall–Kier alpha value is -0.190. The molecule has 2 rings (SSSR count). The maximum absolute atomic E-state index is 10.7. The molecule has 15 heavy (non-hydrogen) atoms. The van der Waals surface area contributed by atoms with Crippen LogP contribution in [0, 0.1) is 0 Å². The standard InChI is InChI=1S/C9H5Cl2NO2.Na/c10-4-2-1-3-5-6(4)7(11)8(12-5)9(13)14;/h1-3,12H,(H,13,14);. The summed E-state index contributed by atoms with van der Waals surface area (Å²) in [7, 11) is 0. The van der Waals surface area contributed by atoms with Crippen LogP contribution in [0.1, 0.15) is 10.5 Å². The summed E-state index contributed by atoms with van der Waals surface area (Å²) in [6.45, 7) is 0. The van der Waals surface area contributed by atoms with Gasteiger partial charge in [-0.1, -0.05) is 29.3 Å². The molecule has 0 atom stereocenters. The molecule has 0 saturated carbocycles. The Balaban J connectivity index is 0.00000112. The molecule has 2 N–H and O–H groups in total. The van der Waals surface area contributed by atoms with Gasteiger partial charge in [0.15, 0.2) is 0 Å². The van der Waals surface area contributed by atoms with E-state index in [0.29, 0.717) is 15.9 Å². The predicted octanol–water partition coefficient (Wildman–Crippen LogP) is 2.79.